The lowest BCUT2D eigenvalue weighted by atomic mass is 9.78. The van der Waals surface area contributed by atoms with E-state index in [1.165, 1.54) is 19.2 Å². The van der Waals surface area contributed by atoms with Crippen LogP contribution in [0.15, 0.2) is 12.1 Å². The molecule has 0 unspecified atom stereocenters. The normalized spacial score (nSPS) is 23.9. The first kappa shape index (κ1) is 29.2. The summed E-state index contributed by atoms with van der Waals surface area (Å²) in [5, 5.41) is 10.7. The maximum absolute atomic E-state index is 13.6. The summed E-state index contributed by atoms with van der Waals surface area (Å²) in [5.74, 6) is -1.64. The third-order valence-electron chi connectivity index (χ3n) is 8.86. The molecular formula is C29H46N2O6. The number of phenols is 1. The van der Waals surface area contributed by atoms with Crippen molar-refractivity contribution in [2.24, 2.45) is 0 Å². The van der Waals surface area contributed by atoms with Gasteiger partial charge < -0.3 is 19.3 Å². The molecule has 2 saturated heterocycles. The number of carbonyl (C=O) groups is 2. The highest BCUT2D eigenvalue weighted by molar-refractivity contribution is 6.07. The highest BCUT2D eigenvalue weighted by Crippen LogP contribution is 2.41. The molecule has 208 valence electrons. The summed E-state index contributed by atoms with van der Waals surface area (Å²) >= 11 is 0. The summed E-state index contributed by atoms with van der Waals surface area (Å²) in [5.41, 5.74) is -1.09. The third kappa shape index (κ3) is 5.75. The topological polar surface area (TPSA) is 88.5 Å². The number of likely N-dealkylation sites (tertiary alicyclic amines) is 2. The Kier molecular flexibility index (Phi) is 7.72. The first-order valence-corrected chi connectivity index (χ1v) is 13.1. The Morgan fingerprint density at radius 1 is 0.730 bits per heavy atom. The Morgan fingerprint density at radius 2 is 1.08 bits per heavy atom. The molecule has 1 aromatic rings. The minimum atomic E-state index is -0.756. The Bertz CT molecular complexity index is 1010. The lowest BCUT2D eigenvalue weighted by Crippen LogP contribution is -2.60. The van der Waals surface area contributed by atoms with Crippen molar-refractivity contribution in [3.63, 3.8) is 0 Å². The largest absolute Gasteiger partial charge is 0.507 e. The van der Waals surface area contributed by atoms with Crippen molar-refractivity contribution in [1.29, 1.82) is 0 Å². The van der Waals surface area contributed by atoms with E-state index in [2.05, 4.69) is 79.3 Å². The van der Waals surface area contributed by atoms with Gasteiger partial charge in [-0.3, -0.25) is 9.80 Å². The lowest BCUT2D eigenvalue weighted by Gasteiger charge is -2.53. The highest BCUT2D eigenvalue weighted by Gasteiger charge is 2.46. The molecule has 2 fully saturated rings. The van der Waals surface area contributed by atoms with E-state index in [4.69, 9.17) is 14.2 Å². The maximum Gasteiger partial charge on any atom is 0.343 e. The van der Waals surface area contributed by atoms with Crippen LogP contribution in [0.2, 0.25) is 0 Å². The van der Waals surface area contributed by atoms with Crippen LogP contribution in [0, 0.1) is 0 Å². The second-order valence-corrected chi connectivity index (χ2v) is 13.3. The number of hydrogen-bond donors (Lipinski definition) is 1. The molecule has 3 rings (SSSR count). The van der Waals surface area contributed by atoms with Gasteiger partial charge in [-0.15, -0.1) is 0 Å². The number of piperidine rings is 2. The molecule has 0 spiro atoms. The fourth-order valence-corrected chi connectivity index (χ4v) is 6.30. The smallest absolute Gasteiger partial charge is 0.343 e. The summed E-state index contributed by atoms with van der Waals surface area (Å²) in [7, 11) is 5.57. The summed E-state index contributed by atoms with van der Waals surface area (Å²) < 4.78 is 17.4. The van der Waals surface area contributed by atoms with Gasteiger partial charge in [-0.05, 0) is 81.6 Å². The zero-order chi connectivity index (χ0) is 28.1. The molecule has 1 aromatic carbocycles. The minimum Gasteiger partial charge on any atom is -0.507 e. The van der Waals surface area contributed by atoms with Gasteiger partial charge in [0.2, 0.25) is 0 Å². The van der Waals surface area contributed by atoms with Crippen LogP contribution in [0.3, 0.4) is 0 Å². The number of benzene rings is 1. The molecule has 0 amide bonds. The molecule has 0 bridgehead atoms. The monoisotopic (exact) mass is 518 g/mol. The Balaban J connectivity index is 1.91. The molecule has 8 heteroatoms. The van der Waals surface area contributed by atoms with Crippen LogP contribution in [0.4, 0.5) is 0 Å². The highest BCUT2D eigenvalue weighted by atomic mass is 16.6. The maximum atomic E-state index is 13.6. The third-order valence-corrected chi connectivity index (χ3v) is 8.86. The van der Waals surface area contributed by atoms with Gasteiger partial charge in [0, 0.05) is 47.8 Å². The van der Waals surface area contributed by atoms with Crippen LogP contribution in [-0.4, -0.2) is 82.4 Å². The second kappa shape index (κ2) is 9.77. The second-order valence-electron chi connectivity index (χ2n) is 13.3. The summed E-state index contributed by atoms with van der Waals surface area (Å²) in [6.45, 7) is 17.0. The van der Waals surface area contributed by atoms with Crippen molar-refractivity contribution in [1.82, 2.24) is 9.80 Å². The Labute approximate surface area is 222 Å². The predicted octanol–water partition coefficient (Wildman–Crippen LogP) is 5.02. The van der Waals surface area contributed by atoms with E-state index >= 15 is 0 Å². The molecule has 0 aliphatic carbocycles. The van der Waals surface area contributed by atoms with Crippen molar-refractivity contribution in [2.45, 2.75) is 115 Å². The van der Waals surface area contributed by atoms with E-state index in [1.807, 2.05) is 0 Å². The van der Waals surface area contributed by atoms with Crippen LogP contribution < -0.4 is 4.74 Å². The first-order valence-electron chi connectivity index (χ1n) is 13.1. The van der Waals surface area contributed by atoms with Crippen LogP contribution >= 0.6 is 0 Å². The van der Waals surface area contributed by atoms with Crippen molar-refractivity contribution in [3.8, 4) is 11.5 Å². The van der Waals surface area contributed by atoms with Crippen LogP contribution in [0.5, 0.6) is 11.5 Å². The van der Waals surface area contributed by atoms with Gasteiger partial charge in [-0.25, -0.2) is 9.59 Å². The van der Waals surface area contributed by atoms with Gasteiger partial charge >= 0.3 is 11.9 Å². The van der Waals surface area contributed by atoms with Gasteiger partial charge in [0.25, 0.3) is 0 Å². The molecule has 0 radical (unpaired) electrons. The quantitative estimate of drug-likeness (QED) is 0.544. The SMILES string of the molecule is COc1ccc(O)c(C(=O)OC2CC(C)(C)N(C)C(C)(C)C2)c1C(=O)OC1CC(C)(C)N(C)C(C)(C)C1. The molecule has 8 nitrogen and oxygen atoms in total. The molecule has 37 heavy (non-hydrogen) atoms. The van der Waals surface area contributed by atoms with Crippen molar-refractivity contribution in [3.05, 3.63) is 23.3 Å². The van der Waals surface area contributed by atoms with Gasteiger partial charge in [0.1, 0.15) is 34.8 Å². The van der Waals surface area contributed by atoms with Gasteiger partial charge in [-0.2, -0.15) is 0 Å². The van der Waals surface area contributed by atoms with E-state index < -0.39 is 11.9 Å². The number of nitrogens with zero attached hydrogens (tertiary/aromatic N) is 2. The number of phenolic OH excluding ortho intramolecular Hbond substituents is 1. The number of aromatic hydroxyl groups is 1. The van der Waals surface area contributed by atoms with Crippen LogP contribution in [0.25, 0.3) is 0 Å². The van der Waals surface area contributed by atoms with Gasteiger partial charge in [0.05, 0.1) is 7.11 Å². The fourth-order valence-electron chi connectivity index (χ4n) is 6.30. The molecular weight excluding hydrogens is 472 g/mol. The number of ether oxygens (including phenoxy) is 3. The average molecular weight is 519 g/mol. The molecule has 2 aliphatic rings. The van der Waals surface area contributed by atoms with E-state index in [-0.39, 0.29) is 57.0 Å². The number of rotatable bonds is 5. The zero-order valence-corrected chi connectivity index (χ0v) is 24.5. The minimum absolute atomic E-state index is 0.103. The van der Waals surface area contributed by atoms with Crippen LogP contribution in [0.1, 0.15) is 102 Å². The molecule has 2 aliphatic heterocycles. The molecule has 2 heterocycles. The molecule has 1 N–H and O–H groups in total. The average Bonchev–Trinajstić information content (AvgIpc) is 2.74. The summed E-state index contributed by atoms with van der Waals surface area (Å²) in [4.78, 5) is 31.7. The van der Waals surface area contributed by atoms with Crippen molar-refractivity contribution in [2.75, 3.05) is 21.2 Å². The van der Waals surface area contributed by atoms with Crippen molar-refractivity contribution < 1.29 is 28.9 Å². The van der Waals surface area contributed by atoms with Gasteiger partial charge in [-0.1, -0.05) is 0 Å². The number of methoxy groups -OCH3 is 1. The van der Waals surface area contributed by atoms with E-state index in [9.17, 15) is 14.7 Å². The predicted molar refractivity (Wildman–Crippen MR) is 143 cm³/mol. The summed E-state index contributed by atoms with van der Waals surface area (Å²) in [6.07, 6.45) is 1.80. The number of carbonyl (C=O) groups excluding carboxylic acids is 2. The van der Waals surface area contributed by atoms with E-state index in [0.29, 0.717) is 25.7 Å². The first-order chi connectivity index (χ1) is 16.8. The lowest BCUT2D eigenvalue weighted by molar-refractivity contribution is -0.0753. The zero-order valence-electron chi connectivity index (χ0n) is 24.5. The summed E-state index contributed by atoms with van der Waals surface area (Å²) in [6, 6.07) is 2.81. The molecule has 0 saturated carbocycles. The molecule has 0 aromatic heterocycles. The number of esters is 2. The van der Waals surface area contributed by atoms with Crippen molar-refractivity contribution >= 4 is 11.9 Å². The fraction of sp³-hybridized carbons (Fsp3) is 0.724. The van der Waals surface area contributed by atoms with E-state index in [0.717, 1.165) is 0 Å². The number of hydrogen-bond acceptors (Lipinski definition) is 8. The molecule has 0 atom stereocenters. The Hall–Kier alpha value is -2.32. The standard InChI is InChI=1S/C29H46N2O6/c1-26(2)14-18(15-27(3,4)30(26)9)36-24(33)22-20(32)12-13-21(35-11)23(22)25(34)37-19-16-28(5,6)31(10)29(7,8)17-19/h12-13,18-19,32H,14-17H2,1-11H3. The van der Waals surface area contributed by atoms with Gasteiger partial charge in [0.15, 0.2) is 0 Å². The van der Waals surface area contributed by atoms with E-state index in [1.54, 1.807) is 0 Å². The van der Waals surface area contributed by atoms with Crippen LogP contribution in [-0.2, 0) is 9.47 Å². The Morgan fingerprint density at radius 3 is 1.43 bits per heavy atom.